The standard InChI is InChI=1S/C18H17FN2O2S/c1-23-14-5-6-16-15(10-14)18(20-7-8-24-18)17(22)21(16)11-12-3-2-4-13(19)9-12/h2-6,9-10,20H,7-8,11H2,1H3. The van der Waals surface area contributed by atoms with Crippen LogP contribution in [0.4, 0.5) is 10.1 Å². The molecule has 0 aromatic heterocycles. The average Bonchev–Trinajstić information content (AvgIpc) is 3.16. The van der Waals surface area contributed by atoms with Crippen molar-refractivity contribution in [3.05, 3.63) is 59.4 Å². The molecule has 1 atom stereocenters. The molecule has 1 amide bonds. The van der Waals surface area contributed by atoms with Gasteiger partial charge in [-0.05, 0) is 35.9 Å². The van der Waals surface area contributed by atoms with Crippen LogP contribution >= 0.6 is 11.8 Å². The number of nitrogens with zero attached hydrogens (tertiary/aromatic N) is 1. The van der Waals surface area contributed by atoms with E-state index in [2.05, 4.69) is 5.32 Å². The van der Waals surface area contributed by atoms with Crippen LogP contribution in [0.1, 0.15) is 11.1 Å². The lowest BCUT2D eigenvalue weighted by molar-refractivity contribution is -0.121. The number of benzene rings is 2. The number of rotatable bonds is 3. The summed E-state index contributed by atoms with van der Waals surface area (Å²) in [5, 5.41) is 3.36. The Kier molecular flexibility index (Phi) is 3.73. The van der Waals surface area contributed by atoms with Crippen LogP contribution in [-0.2, 0) is 16.2 Å². The van der Waals surface area contributed by atoms with Crippen LogP contribution < -0.4 is 15.0 Å². The number of amides is 1. The lowest BCUT2D eigenvalue weighted by Crippen LogP contribution is -2.44. The lowest BCUT2D eigenvalue weighted by atomic mass is 10.1. The third-order valence-electron chi connectivity index (χ3n) is 4.44. The number of carbonyl (C=O) groups excluding carboxylic acids is 1. The Labute approximate surface area is 144 Å². The summed E-state index contributed by atoms with van der Waals surface area (Å²) in [5.41, 5.74) is 2.54. The molecule has 124 valence electrons. The monoisotopic (exact) mass is 344 g/mol. The number of fused-ring (bicyclic) bond motifs is 2. The highest BCUT2D eigenvalue weighted by Crippen LogP contribution is 2.50. The maximum atomic E-state index is 13.5. The second kappa shape index (κ2) is 5.79. The van der Waals surface area contributed by atoms with E-state index in [-0.39, 0.29) is 11.7 Å². The predicted molar refractivity (Wildman–Crippen MR) is 92.7 cm³/mol. The molecular weight excluding hydrogens is 327 g/mol. The number of nitrogens with one attached hydrogen (secondary N) is 1. The van der Waals surface area contributed by atoms with Gasteiger partial charge in [0.25, 0.3) is 5.91 Å². The molecule has 2 aromatic rings. The summed E-state index contributed by atoms with van der Waals surface area (Å²) in [6, 6.07) is 12.0. The van der Waals surface area contributed by atoms with Crippen LogP contribution in [0.2, 0.25) is 0 Å². The smallest absolute Gasteiger partial charge is 0.262 e. The fourth-order valence-corrected chi connectivity index (χ4v) is 4.61. The number of halogens is 1. The minimum Gasteiger partial charge on any atom is -0.497 e. The van der Waals surface area contributed by atoms with Crippen molar-refractivity contribution < 1.29 is 13.9 Å². The molecular formula is C18H17FN2O2S. The second-order valence-electron chi connectivity index (χ2n) is 5.86. The molecule has 1 spiro atoms. The van der Waals surface area contributed by atoms with Crippen molar-refractivity contribution in [1.29, 1.82) is 0 Å². The van der Waals surface area contributed by atoms with Crippen LogP contribution in [0.25, 0.3) is 0 Å². The van der Waals surface area contributed by atoms with Gasteiger partial charge < -0.3 is 9.64 Å². The van der Waals surface area contributed by atoms with Gasteiger partial charge in [0.2, 0.25) is 0 Å². The molecule has 0 aliphatic carbocycles. The summed E-state index contributed by atoms with van der Waals surface area (Å²) in [4.78, 5) is 14.2. The van der Waals surface area contributed by atoms with E-state index in [0.29, 0.717) is 6.54 Å². The largest absolute Gasteiger partial charge is 0.497 e. The Morgan fingerprint density at radius 1 is 1.33 bits per heavy atom. The quantitative estimate of drug-likeness (QED) is 0.930. The van der Waals surface area contributed by atoms with E-state index in [9.17, 15) is 9.18 Å². The van der Waals surface area contributed by atoms with E-state index in [1.165, 1.54) is 12.1 Å². The van der Waals surface area contributed by atoms with Crippen LogP contribution in [0, 0.1) is 5.82 Å². The van der Waals surface area contributed by atoms with Crippen molar-refractivity contribution in [3.8, 4) is 5.75 Å². The molecule has 0 bridgehead atoms. The Balaban J connectivity index is 1.78. The van der Waals surface area contributed by atoms with Gasteiger partial charge in [0.15, 0.2) is 4.87 Å². The van der Waals surface area contributed by atoms with Crippen LogP contribution in [0.5, 0.6) is 5.75 Å². The Hall–Kier alpha value is -2.05. The highest BCUT2D eigenvalue weighted by Gasteiger charge is 2.53. The number of hydrogen-bond donors (Lipinski definition) is 1. The second-order valence-corrected chi connectivity index (χ2v) is 7.17. The van der Waals surface area contributed by atoms with Gasteiger partial charge in [0.1, 0.15) is 11.6 Å². The Morgan fingerprint density at radius 2 is 2.21 bits per heavy atom. The Morgan fingerprint density at radius 3 is 2.92 bits per heavy atom. The highest BCUT2D eigenvalue weighted by atomic mass is 32.2. The summed E-state index contributed by atoms with van der Waals surface area (Å²) in [7, 11) is 1.62. The lowest BCUT2D eigenvalue weighted by Gasteiger charge is -2.23. The first-order valence-corrected chi connectivity index (χ1v) is 8.76. The predicted octanol–water partition coefficient (Wildman–Crippen LogP) is 2.87. The number of methoxy groups -OCH3 is 1. The minimum absolute atomic E-state index is 0.00230. The first-order chi connectivity index (χ1) is 11.6. The fraction of sp³-hybridized carbons (Fsp3) is 0.278. The van der Waals surface area contributed by atoms with Crippen LogP contribution in [0.3, 0.4) is 0 Å². The highest BCUT2D eigenvalue weighted by molar-refractivity contribution is 8.01. The maximum Gasteiger partial charge on any atom is 0.262 e. The summed E-state index contributed by atoms with van der Waals surface area (Å²) in [5.74, 6) is 1.30. The van der Waals surface area contributed by atoms with Gasteiger partial charge in [0, 0.05) is 17.9 Å². The molecule has 4 rings (SSSR count). The number of ether oxygens (including phenoxy) is 1. The molecule has 0 radical (unpaired) electrons. The SMILES string of the molecule is COc1ccc2c(c1)C1(NCCS1)C(=O)N2Cc1cccc(F)c1. The van der Waals surface area contributed by atoms with E-state index >= 15 is 0 Å². The fourth-order valence-electron chi connectivity index (χ4n) is 3.34. The average molecular weight is 344 g/mol. The van der Waals surface area contributed by atoms with Gasteiger partial charge in [-0.3, -0.25) is 10.1 Å². The molecule has 4 nitrogen and oxygen atoms in total. The number of hydrogen-bond acceptors (Lipinski definition) is 4. The Bertz CT molecular complexity index is 805. The van der Waals surface area contributed by atoms with Crippen molar-refractivity contribution in [3.63, 3.8) is 0 Å². The molecule has 6 heteroatoms. The van der Waals surface area contributed by atoms with Gasteiger partial charge in [-0.25, -0.2) is 4.39 Å². The molecule has 2 aromatic carbocycles. The molecule has 2 aliphatic heterocycles. The van der Waals surface area contributed by atoms with E-state index in [1.807, 2.05) is 24.3 Å². The van der Waals surface area contributed by atoms with E-state index < -0.39 is 4.87 Å². The van der Waals surface area contributed by atoms with Crippen molar-refractivity contribution >= 4 is 23.4 Å². The summed E-state index contributed by atoms with van der Waals surface area (Å²) >= 11 is 1.61. The molecule has 1 unspecified atom stereocenters. The topological polar surface area (TPSA) is 41.6 Å². The third-order valence-corrected chi connectivity index (χ3v) is 5.82. The van der Waals surface area contributed by atoms with Crippen molar-refractivity contribution in [2.75, 3.05) is 24.3 Å². The van der Waals surface area contributed by atoms with Gasteiger partial charge in [-0.2, -0.15) is 0 Å². The number of carbonyl (C=O) groups is 1. The molecule has 1 N–H and O–H groups in total. The summed E-state index contributed by atoms with van der Waals surface area (Å²) in [6.07, 6.45) is 0. The van der Waals surface area contributed by atoms with E-state index in [0.717, 1.165) is 34.9 Å². The number of anilines is 1. The summed E-state index contributed by atoms with van der Waals surface area (Å²) in [6.45, 7) is 1.13. The van der Waals surface area contributed by atoms with Crippen molar-refractivity contribution in [1.82, 2.24) is 5.32 Å². The molecule has 1 saturated heterocycles. The number of thioether (sulfide) groups is 1. The zero-order valence-electron chi connectivity index (χ0n) is 13.2. The first-order valence-electron chi connectivity index (χ1n) is 7.78. The zero-order valence-corrected chi connectivity index (χ0v) is 14.0. The van der Waals surface area contributed by atoms with Crippen molar-refractivity contribution in [2.24, 2.45) is 0 Å². The maximum absolute atomic E-state index is 13.5. The summed E-state index contributed by atoms with van der Waals surface area (Å²) < 4.78 is 18.8. The van der Waals surface area contributed by atoms with Gasteiger partial charge in [-0.1, -0.05) is 12.1 Å². The van der Waals surface area contributed by atoms with E-state index in [1.54, 1.807) is 29.8 Å². The molecule has 1 fully saturated rings. The van der Waals surface area contributed by atoms with Gasteiger partial charge >= 0.3 is 0 Å². The van der Waals surface area contributed by atoms with Gasteiger partial charge in [-0.15, -0.1) is 11.8 Å². The third kappa shape index (κ3) is 2.29. The normalized spacial score (nSPS) is 22.2. The zero-order chi connectivity index (χ0) is 16.7. The van der Waals surface area contributed by atoms with Gasteiger partial charge in [0.05, 0.1) is 19.3 Å². The minimum atomic E-state index is -0.753. The van der Waals surface area contributed by atoms with E-state index in [4.69, 9.17) is 4.74 Å². The first kappa shape index (κ1) is 15.5. The molecule has 2 aliphatic rings. The molecule has 24 heavy (non-hydrogen) atoms. The van der Waals surface area contributed by atoms with Crippen LogP contribution in [0.15, 0.2) is 42.5 Å². The van der Waals surface area contributed by atoms with Crippen molar-refractivity contribution in [2.45, 2.75) is 11.4 Å². The molecule has 0 saturated carbocycles. The molecule has 2 heterocycles. The van der Waals surface area contributed by atoms with Crippen LogP contribution in [-0.4, -0.2) is 25.3 Å².